The van der Waals surface area contributed by atoms with Crippen molar-refractivity contribution < 1.29 is 4.79 Å². The Bertz CT molecular complexity index is 795. The third-order valence-electron chi connectivity index (χ3n) is 7.37. The first-order valence-corrected chi connectivity index (χ1v) is 12.0. The maximum Gasteiger partial charge on any atom is 0.162 e. The molecule has 2 bridgehead atoms. The minimum atomic E-state index is 0.461. The smallest absolute Gasteiger partial charge is 0.162 e. The lowest BCUT2D eigenvalue weighted by atomic mass is 9.82. The van der Waals surface area contributed by atoms with Gasteiger partial charge in [0.25, 0.3) is 0 Å². The second-order valence-corrected chi connectivity index (χ2v) is 10.8. The first-order chi connectivity index (χ1) is 12.8. The van der Waals surface area contributed by atoms with Crippen LogP contribution in [0, 0.1) is 23.7 Å². The van der Waals surface area contributed by atoms with Gasteiger partial charge in [0.15, 0.2) is 4.90 Å². The van der Waals surface area contributed by atoms with Crippen molar-refractivity contribution in [2.75, 3.05) is 11.5 Å². The van der Waals surface area contributed by atoms with E-state index in [1.165, 1.54) is 40.7 Å². The van der Waals surface area contributed by atoms with Crippen LogP contribution in [0.25, 0.3) is 10.8 Å². The molecule has 4 unspecified atom stereocenters. The van der Waals surface area contributed by atoms with E-state index < -0.39 is 0 Å². The topological polar surface area (TPSA) is 17.1 Å². The summed E-state index contributed by atoms with van der Waals surface area (Å²) in [5.74, 6) is 7.14. The van der Waals surface area contributed by atoms with Gasteiger partial charge in [-0.15, -0.1) is 0 Å². The van der Waals surface area contributed by atoms with E-state index in [0.717, 1.165) is 49.2 Å². The molecule has 3 aliphatic rings. The van der Waals surface area contributed by atoms with Crippen LogP contribution in [0.5, 0.6) is 0 Å². The normalized spacial score (nSPS) is 32.2. The number of carbonyl (C=O) groups excluding carboxylic acids is 1. The number of aldehydes is 1. The zero-order valence-electron chi connectivity index (χ0n) is 15.5. The third kappa shape index (κ3) is 2.81. The van der Waals surface area contributed by atoms with Gasteiger partial charge in [-0.1, -0.05) is 24.3 Å². The first-order valence-electron chi connectivity index (χ1n) is 10.5. The molecule has 0 radical (unpaired) electrons. The summed E-state index contributed by atoms with van der Waals surface area (Å²) in [6, 6.07) is 13.9. The molecule has 0 amide bonds. The van der Waals surface area contributed by atoms with Gasteiger partial charge in [-0.25, -0.2) is 0 Å². The molecule has 2 aromatic carbocycles. The molecule has 2 heteroatoms. The fourth-order valence-corrected chi connectivity index (χ4v) is 9.32. The molecule has 0 spiro atoms. The van der Waals surface area contributed by atoms with Crippen molar-refractivity contribution in [3.63, 3.8) is 0 Å². The van der Waals surface area contributed by atoms with Crippen molar-refractivity contribution in [3.8, 4) is 0 Å². The molecular weight excluding hydrogens is 336 g/mol. The van der Waals surface area contributed by atoms with Gasteiger partial charge < -0.3 is 4.79 Å². The predicted octanol–water partition coefficient (Wildman–Crippen LogP) is 5.40. The van der Waals surface area contributed by atoms with Crippen LogP contribution in [0.2, 0.25) is 0 Å². The highest BCUT2D eigenvalue weighted by Gasteiger charge is 2.56. The van der Waals surface area contributed by atoms with Crippen LogP contribution in [-0.2, 0) is 22.1 Å². The standard InChI is InChI=1S/C24H29OS/c25-13-5-1-2-6-17-11-12-24(21-8-4-3-7-20(17)21)26-15-22-18-9-10-19(14-18)23(22)16-26/h3-4,7-8,11-13,18-19,22-23H,1-2,5-6,9-10,14-16H2/q+1. The van der Waals surface area contributed by atoms with E-state index in [0.29, 0.717) is 17.3 Å². The highest BCUT2D eigenvalue weighted by atomic mass is 32.2. The maximum atomic E-state index is 10.6. The lowest BCUT2D eigenvalue weighted by molar-refractivity contribution is -0.107. The summed E-state index contributed by atoms with van der Waals surface area (Å²) >= 11 is 0. The quantitative estimate of drug-likeness (QED) is 0.380. The Morgan fingerprint density at radius 1 is 0.923 bits per heavy atom. The van der Waals surface area contributed by atoms with Crippen molar-refractivity contribution in [1.82, 2.24) is 0 Å². The van der Waals surface area contributed by atoms with Crippen LogP contribution in [0.4, 0.5) is 0 Å². The minimum absolute atomic E-state index is 0.461. The zero-order valence-corrected chi connectivity index (χ0v) is 16.3. The number of rotatable bonds is 6. The molecule has 0 N–H and O–H groups in total. The number of carbonyl (C=O) groups is 1. The zero-order chi connectivity index (χ0) is 17.5. The van der Waals surface area contributed by atoms with Crippen molar-refractivity contribution in [2.45, 2.75) is 49.8 Å². The van der Waals surface area contributed by atoms with Crippen molar-refractivity contribution >= 4 is 28.0 Å². The third-order valence-corrected chi connectivity index (χ3v) is 9.92. The van der Waals surface area contributed by atoms with E-state index in [1.807, 2.05) is 0 Å². The van der Waals surface area contributed by atoms with Crippen LogP contribution in [-0.4, -0.2) is 17.8 Å². The minimum Gasteiger partial charge on any atom is -0.303 e. The Balaban J connectivity index is 1.41. The van der Waals surface area contributed by atoms with E-state index >= 15 is 0 Å². The molecular formula is C24H29OS+. The SMILES string of the molecule is O=CCCCCc1ccc([S+]2CC3C4CCC(C4)C3C2)c2ccccc12. The molecule has 1 nitrogen and oxygen atoms in total. The summed E-state index contributed by atoms with van der Waals surface area (Å²) in [5.41, 5.74) is 1.47. The van der Waals surface area contributed by atoms with Gasteiger partial charge in [-0.3, -0.25) is 0 Å². The molecule has 2 aliphatic carbocycles. The summed E-state index contributed by atoms with van der Waals surface area (Å²) < 4.78 is 0. The average Bonchev–Trinajstić information content (AvgIpc) is 3.38. The van der Waals surface area contributed by atoms with E-state index in [2.05, 4.69) is 36.4 Å². The number of fused-ring (bicyclic) bond motifs is 6. The lowest BCUT2D eigenvalue weighted by Gasteiger charge is -2.19. The van der Waals surface area contributed by atoms with Crippen LogP contribution in [0.3, 0.4) is 0 Å². The summed E-state index contributed by atoms with van der Waals surface area (Å²) in [7, 11) is 0.461. The van der Waals surface area contributed by atoms with Crippen LogP contribution in [0.15, 0.2) is 41.3 Å². The summed E-state index contributed by atoms with van der Waals surface area (Å²) in [6.07, 6.45) is 9.55. The number of hydrogen-bond acceptors (Lipinski definition) is 1. The molecule has 4 atom stereocenters. The van der Waals surface area contributed by atoms with Crippen molar-refractivity contribution in [3.05, 3.63) is 42.0 Å². The first kappa shape index (κ1) is 16.9. The molecule has 26 heavy (non-hydrogen) atoms. The molecule has 0 aromatic heterocycles. The van der Waals surface area contributed by atoms with Gasteiger partial charge in [-0.05, 0) is 73.4 Å². The fraction of sp³-hybridized carbons (Fsp3) is 0.542. The Morgan fingerprint density at radius 2 is 1.65 bits per heavy atom. The average molecular weight is 366 g/mol. The summed E-state index contributed by atoms with van der Waals surface area (Å²) in [6.45, 7) is 0. The Labute approximate surface area is 159 Å². The van der Waals surface area contributed by atoms with Gasteiger partial charge in [-0.2, -0.15) is 0 Å². The molecule has 2 aromatic rings. The predicted molar refractivity (Wildman–Crippen MR) is 111 cm³/mol. The number of aryl methyl sites for hydroxylation is 1. The van der Waals surface area contributed by atoms with Gasteiger partial charge in [0.05, 0.1) is 0 Å². The molecule has 1 saturated heterocycles. The maximum absolute atomic E-state index is 10.6. The molecule has 136 valence electrons. The second-order valence-electron chi connectivity index (χ2n) is 8.67. The van der Waals surface area contributed by atoms with Crippen molar-refractivity contribution in [2.24, 2.45) is 23.7 Å². The lowest BCUT2D eigenvalue weighted by Crippen LogP contribution is -2.19. The van der Waals surface area contributed by atoms with Crippen molar-refractivity contribution in [1.29, 1.82) is 0 Å². The Morgan fingerprint density at radius 3 is 2.38 bits per heavy atom. The van der Waals surface area contributed by atoms with E-state index in [-0.39, 0.29) is 0 Å². The number of unbranched alkanes of at least 4 members (excludes halogenated alkanes) is 2. The van der Waals surface area contributed by atoms with Gasteiger partial charge in [0, 0.05) is 34.5 Å². The van der Waals surface area contributed by atoms with E-state index in [9.17, 15) is 4.79 Å². The fourth-order valence-electron chi connectivity index (χ4n) is 6.11. The monoisotopic (exact) mass is 365 g/mol. The van der Waals surface area contributed by atoms with Gasteiger partial charge in [0.2, 0.25) is 0 Å². The molecule has 1 aliphatic heterocycles. The second kappa shape index (κ2) is 7.03. The van der Waals surface area contributed by atoms with Crippen LogP contribution in [0.1, 0.15) is 44.1 Å². The highest BCUT2D eigenvalue weighted by molar-refractivity contribution is 7.97. The number of benzene rings is 2. The number of hydrogen-bond donors (Lipinski definition) is 0. The van der Waals surface area contributed by atoms with Gasteiger partial charge in [0.1, 0.15) is 17.8 Å². The Hall–Kier alpha value is -1.28. The molecule has 5 rings (SSSR count). The van der Waals surface area contributed by atoms with E-state index in [4.69, 9.17) is 0 Å². The largest absolute Gasteiger partial charge is 0.303 e. The molecule has 3 fully saturated rings. The molecule has 1 heterocycles. The molecule has 2 saturated carbocycles. The van der Waals surface area contributed by atoms with Crippen LogP contribution >= 0.6 is 0 Å². The Kier molecular flexibility index (Phi) is 4.56. The summed E-state index contributed by atoms with van der Waals surface area (Å²) in [5, 5.41) is 2.97. The van der Waals surface area contributed by atoms with Gasteiger partial charge >= 0.3 is 0 Å². The van der Waals surface area contributed by atoms with E-state index in [1.54, 1.807) is 11.3 Å². The van der Waals surface area contributed by atoms with Crippen LogP contribution < -0.4 is 0 Å². The summed E-state index contributed by atoms with van der Waals surface area (Å²) in [4.78, 5) is 12.2. The highest BCUT2D eigenvalue weighted by Crippen LogP contribution is 2.57.